The Hall–Kier alpha value is -0.610. The van der Waals surface area contributed by atoms with Crippen LogP contribution in [0.15, 0.2) is 6.20 Å². The van der Waals surface area contributed by atoms with Crippen molar-refractivity contribution < 1.29 is 4.74 Å². The van der Waals surface area contributed by atoms with Crippen LogP contribution in [0.4, 0.5) is 0 Å². The summed E-state index contributed by atoms with van der Waals surface area (Å²) in [5.74, 6) is 0.992. The van der Waals surface area contributed by atoms with E-state index in [1.807, 2.05) is 6.20 Å². The van der Waals surface area contributed by atoms with Crippen LogP contribution in [0, 0.1) is 13.8 Å². The zero-order chi connectivity index (χ0) is 14.5. The number of likely N-dealkylation sites (tertiary alicyclic amines) is 1. The first-order valence-electron chi connectivity index (χ1n) is 7.46. The van der Waals surface area contributed by atoms with Gasteiger partial charge in [-0.25, -0.2) is 0 Å². The van der Waals surface area contributed by atoms with Crippen molar-refractivity contribution in [3.05, 3.63) is 23.0 Å². The van der Waals surface area contributed by atoms with E-state index in [9.17, 15) is 0 Å². The van der Waals surface area contributed by atoms with Crippen molar-refractivity contribution in [3.8, 4) is 5.75 Å². The zero-order valence-electron chi connectivity index (χ0n) is 12.8. The van der Waals surface area contributed by atoms with Crippen LogP contribution in [0.2, 0.25) is 0 Å². The first-order valence-corrected chi connectivity index (χ1v) is 8.58. The molecule has 1 saturated heterocycles. The van der Waals surface area contributed by atoms with E-state index in [2.05, 4.69) is 39.7 Å². The normalized spacial score (nSPS) is 19.5. The topological polar surface area (TPSA) is 25.4 Å². The molecule has 1 aliphatic heterocycles. The molecule has 1 fully saturated rings. The highest BCUT2D eigenvalue weighted by molar-refractivity contribution is 9.09. The summed E-state index contributed by atoms with van der Waals surface area (Å²) in [6.07, 6.45) is 7.12. The van der Waals surface area contributed by atoms with E-state index in [0.29, 0.717) is 0 Å². The maximum absolute atomic E-state index is 5.51. The molecule has 4 heteroatoms. The van der Waals surface area contributed by atoms with E-state index in [4.69, 9.17) is 4.74 Å². The van der Waals surface area contributed by atoms with Gasteiger partial charge >= 0.3 is 0 Å². The monoisotopic (exact) mass is 340 g/mol. The Morgan fingerprint density at radius 2 is 2.25 bits per heavy atom. The highest BCUT2D eigenvalue weighted by Gasteiger charge is 2.25. The number of rotatable bonds is 6. The second-order valence-corrected chi connectivity index (χ2v) is 6.44. The summed E-state index contributed by atoms with van der Waals surface area (Å²) in [5, 5.41) is 1.10. The van der Waals surface area contributed by atoms with Gasteiger partial charge in [0.05, 0.1) is 12.8 Å². The van der Waals surface area contributed by atoms with Crippen LogP contribution in [-0.4, -0.2) is 34.9 Å². The molecule has 1 unspecified atom stereocenters. The Labute approximate surface area is 130 Å². The number of hydrogen-bond acceptors (Lipinski definition) is 3. The van der Waals surface area contributed by atoms with Gasteiger partial charge in [0.2, 0.25) is 0 Å². The minimum Gasteiger partial charge on any atom is -0.496 e. The molecule has 0 saturated carbocycles. The van der Waals surface area contributed by atoms with Crippen LogP contribution in [0.3, 0.4) is 0 Å². The number of aryl methyl sites for hydroxylation is 1. The number of pyridine rings is 1. The lowest BCUT2D eigenvalue weighted by molar-refractivity contribution is 0.230. The Kier molecular flexibility index (Phi) is 5.85. The van der Waals surface area contributed by atoms with Gasteiger partial charge in [0.25, 0.3) is 0 Å². The summed E-state index contributed by atoms with van der Waals surface area (Å²) in [4.78, 5) is 7.22. The van der Waals surface area contributed by atoms with Crippen LogP contribution in [0.5, 0.6) is 5.75 Å². The van der Waals surface area contributed by atoms with Crippen LogP contribution in [0.1, 0.15) is 42.5 Å². The minimum absolute atomic E-state index is 0.723. The number of ether oxygens (including phenoxy) is 1. The Balaban J connectivity index is 2.09. The molecule has 2 rings (SSSR count). The molecule has 1 atom stereocenters. The number of hydrogen-bond donors (Lipinski definition) is 0. The van der Waals surface area contributed by atoms with Crippen molar-refractivity contribution in [3.63, 3.8) is 0 Å². The lowest BCUT2D eigenvalue weighted by Gasteiger charge is -2.25. The molecule has 1 aromatic rings. The molecule has 0 radical (unpaired) electrons. The van der Waals surface area contributed by atoms with E-state index in [1.54, 1.807) is 7.11 Å². The number of alkyl halides is 1. The maximum atomic E-state index is 5.51. The molecule has 0 N–H and O–H groups in total. The molecule has 0 bridgehead atoms. The largest absolute Gasteiger partial charge is 0.496 e. The third kappa shape index (κ3) is 3.53. The van der Waals surface area contributed by atoms with Crippen molar-refractivity contribution in [2.75, 3.05) is 19.0 Å². The van der Waals surface area contributed by atoms with Crippen molar-refractivity contribution in [2.45, 2.75) is 52.1 Å². The van der Waals surface area contributed by atoms with Crippen molar-refractivity contribution in [2.24, 2.45) is 0 Å². The van der Waals surface area contributed by atoms with E-state index in [0.717, 1.165) is 34.9 Å². The van der Waals surface area contributed by atoms with Crippen LogP contribution in [0.25, 0.3) is 0 Å². The smallest absolute Gasteiger partial charge is 0.128 e. The lowest BCUT2D eigenvalue weighted by Crippen LogP contribution is -2.29. The first-order chi connectivity index (χ1) is 9.67. The Morgan fingerprint density at radius 3 is 2.95 bits per heavy atom. The average molecular weight is 341 g/mol. The molecule has 2 heterocycles. The minimum atomic E-state index is 0.723. The fraction of sp³-hybridized carbons (Fsp3) is 0.688. The molecule has 0 aliphatic carbocycles. The third-order valence-corrected chi connectivity index (χ3v) is 4.83. The van der Waals surface area contributed by atoms with E-state index >= 15 is 0 Å². The standard InChI is InChI=1S/C16H25BrN2O/c1-12-10-18-15(13(2)16(12)20-3)11-19-9-5-7-14(19)6-4-8-17/h10,14H,4-9,11H2,1-3H3. The van der Waals surface area contributed by atoms with E-state index < -0.39 is 0 Å². The van der Waals surface area contributed by atoms with Gasteiger partial charge < -0.3 is 4.74 Å². The van der Waals surface area contributed by atoms with Gasteiger partial charge in [-0.2, -0.15) is 0 Å². The Bertz CT molecular complexity index is 450. The van der Waals surface area contributed by atoms with Gasteiger partial charge in [-0.15, -0.1) is 0 Å². The summed E-state index contributed by atoms with van der Waals surface area (Å²) < 4.78 is 5.51. The molecule has 0 amide bonds. The molecular weight excluding hydrogens is 316 g/mol. The van der Waals surface area contributed by atoms with Gasteiger partial charge in [-0.1, -0.05) is 15.9 Å². The second-order valence-electron chi connectivity index (χ2n) is 5.64. The van der Waals surface area contributed by atoms with Crippen LogP contribution >= 0.6 is 15.9 Å². The molecular formula is C16H25BrN2O. The number of aromatic nitrogens is 1. The fourth-order valence-electron chi connectivity index (χ4n) is 3.17. The van der Waals surface area contributed by atoms with Crippen molar-refractivity contribution >= 4 is 15.9 Å². The molecule has 20 heavy (non-hydrogen) atoms. The summed E-state index contributed by atoms with van der Waals surface area (Å²) >= 11 is 3.53. The zero-order valence-corrected chi connectivity index (χ0v) is 14.4. The van der Waals surface area contributed by atoms with E-state index in [1.165, 1.54) is 37.8 Å². The molecule has 1 aliphatic rings. The summed E-state index contributed by atoms with van der Waals surface area (Å²) in [6.45, 7) is 6.33. The van der Waals surface area contributed by atoms with Crippen LogP contribution < -0.4 is 4.74 Å². The van der Waals surface area contributed by atoms with Gasteiger partial charge in [-0.3, -0.25) is 9.88 Å². The average Bonchev–Trinajstić information content (AvgIpc) is 2.87. The molecule has 112 valence electrons. The van der Waals surface area contributed by atoms with Gasteiger partial charge in [-0.05, 0) is 46.1 Å². The van der Waals surface area contributed by atoms with Crippen molar-refractivity contribution in [1.29, 1.82) is 0 Å². The Morgan fingerprint density at radius 1 is 1.45 bits per heavy atom. The molecule has 1 aromatic heterocycles. The van der Waals surface area contributed by atoms with Gasteiger partial charge in [0.15, 0.2) is 0 Å². The highest BCUT2D eigenvalue weighted by Crippen LogP contribution is 2.28. The maximum Gasteiger partial charge on any atom is 0.128 e. The molecule has 0 aromatic carbocycles. The number of halogens is 1. The molecule has 3 nitrogen and oxygen atoms in total. The second kappa shape index (κ2) is 7.41. The first kappa shape index (κ1) is 15.8. The van der Waals surface area contributed by atoms with Gasteiger partial charge in [0.1, 0.15) is 5.75 Å². The lowest BCUT2D eigenvalue weighted by atomic mass is 10.1. The summed E-state index contributed by atoms with van der Waals surface area (Å²) in [5.41, 5.74) is 3.47. The fourth-order valence-corrected chi connectivity index (χ4v) is 3.49. The third-order valence-electron chi connectivity index (χ3n) is 4.27. The van der Waals surface area contributed by atoms with Gasteiger partial charge in [0, 0.05) is 35.2 Å². The van der Waals surface area contributed by atoms with E-state index in [-0.39, 0.29) is 0 Å². The number of nitrogens with zero attached hydrogens (tertiary/aromatic N) is 2. The van der Waals surface area contributed by atoms with Crippen LogP contribution in [-0.2, 0) is 6.54 Å². The van der Waals surface area contributed by atoms with Crippen molar-refractivity contribution in [1.82, 2.24) is 9.88 Å². The highest BCUT2D eigenvalue weighted by atomic mass is 79.9. The molecule has 0 spiro atoms. The summed E-state index contributed by atoms with van der Waals surface area (Å²) in [6, 6.07) is 0.723. The predicted molar refractivity (Wildman–Crippen MR) is 86.7 cm³/mol. The number of methoxy groups -OCH3 is 1. The summed E-state index contributed by atoms with van der Waals surface area (Å²) in [7, 11) is 1.74. The SMILES string of the molecule is COc1c(C)cnc(CN2CCCC2CCCBr)c1C. The predicted octanol–water partition coefficient (Wildman–Crippen LogP) is 3.85. The quantitative estimate of drug-likeness (QED) is 0.735.